The first-order chi connectivity index (χ1) is 14.6. The van der Waals surface area contributed by atoms with Crippen LogP contribution < -0.4 is 10.6 Å². The number of benzene rings is 2. The second kappa shape index (κ2) is 8.66. The standard InChI is InChI=1S/C24H22N4O2/c25-24-19(15-22(26-27-24)21-3-1-2-4-23(21)30)8-5-17-6-9-20(10-7-17)28-13-11-18(16-29)12-14-28/h1-4,6-7,9-10,15-16,18,30H,11-14H2,(H2,25,27). The second-order valence-electron chi connectivity index (χ2n) is 7.30. The first kappa shape index (κ1) is 19.5. The van der Waals surface area contributed by atoms with Gasteiger partial charge in [-0.15, -0.1) is 10.2 Å². The van der Waals surface area contributed by atoms with Crippen LogP contribution in [0.5, 0.6) is 5.75 Å². The summed E-state index contributed by atoms with van der Waals surface area (Å²) in [4.78, 5) is 13.2. The minimum Gasteiger partial charge on any atom is -0.507 e. The molecule has 1 aromatic heterocycles. The van der Waals surface area contributed by atoms with Crippen molar-refractivity contribution in [3.8, 4) is 28.8 Å². The van der Waals surface area contributed by atoms with Crippen molar-refractivity contribution in [2.45, 2.75) is 12.8 Å². The van der Waals surface area contributed by atoms with Gasteiger partial charge >= 0.3 is 0 Å². The van der Waals surface area contributed by atoms with Crippen molar-refractivity contribution >= 4 is 17.8 Å². The number of nitrogens with two attached hydrogens (primary N) is 1. The molecule has 3 aromatic rings. The molecule has 0 bridgehead atoms. The predicted molar refractivity (Wildman–Crippen MR) is 117 cm³/mol. The molecule has 6 nitrogen and oxygen atoms in total. The third-order valence-electron chi connectivity index (χ3n) is 5.31. The highest BCUT2D eigenvalue weighted by Gasteiger charge is 2.18. The number of hydrogen-bond donors (Lipinski definition) is 2. The highest BCUT2D eigenvalue weighted by molar-refractivity contribution is 5.69. The van der Waals surface area contributed by atoms with Gasteiger partial charge in [0.1, 0.15) is 12.0 Å². The van der Waals surface area contributed by atoms with Gasteiger partial charge in [0, 0.05) is 35.8 Å². The van der Waals surface area contributed by atoms with Gasteiger partial charge in [0.2, 0.25) is 0 Å². The number of phenolic OH excluding ortho intramolecular Hbond substituents is 1. The molecule has 0 unspecified atom stereocenters. The Morgan fingerprint density at radius 2 is 1.77 bits per heavy atom. The van der Waals surface area contributed by atoms with Gasteiger partial charge in [0.05, 0.1) is 11.3 Å². The first-order valence-electron chi connectivity index (χ1n) is 9.88. The number of carbonyl (C=O) groups is 1. The van der Waals surface area contributed by atoms with Crippen LogP contribution in [0.25, 0.3) is 11.3 Å². The summed E-state index contributed by atoms with van der Waals surface area (Å²) in [7, 11) is 0. The molecule has 0 amide bonds. The summed E-state index contributed by atoms with van der Waals surface area (Å²) in [6.45, 7) is 1.78. The number of piperidine rings is 1. The number of para-hydroxylation sites is 1. The first-order valence-corrected chi connectivity index (χ1v) is 9.88. The minimum absolute atomic E-state index is 0.128. The van der Waals surface area contributed by atoms with Gasteiger partial charge in [0.25, 0.3) is 0 Å². The van der Waals surface area contributed by atoms with Crippen molar-refractivity contribution in [1.82, 2.24) is 10.2 Å². The molecule has 2 heterocycles. The third kappa shape index (κ3) is 4.26. The maximum Gasteiger partial charge on any atom is 0.161 e. The van der Waals surface area contributed by atoms with E-state index in [9.17, 15) is 9.90 Å². The number of aromatic hydroxyl groups is 1. The average Bonchev–Trinajstić information content (AvgIpc) is 2.79. The largest absolute Gasteiger partial charge is 0.507 e. The molecule has 1 aliphatic rings. The Hall–Kier alpha value is -3.85. The lowest BCUT2D eigenvalue weighted by Crippen LogP contribution is -2.33. The van der Waals surface area contributed by atoms with Gasteiger partial charge in [-0.2, -0.15) is 0 Å². The minimum atomic E-state index is 0.128. The van der Waals surface area contributed by atoms with E-state index in [4.69, 9.17) is 5.73 Å². The Morgan fingerprint density at radius 1 is 1.03 bits per heavy atom. The predicted octanol–water partition coefficient (Wildman–Crippen LogP) is 3.25. The Morgan fingerprint density at radius 3 is 2.47 bits per heavy atom. The molecule has 1 aliphatic heterocycles. The number of nitrogens with zero attached hydrogens (tertiary/aromatic N) is 3. The van der Waals surface area contributed by atoms with E-state index in [1.54, 1.807) is 24.3 Å². The molecule has 2 aromatic carbocycles. The van der Waals surface area contributed by atoms with E-state index in [0.29, 0.717) is 16.8 Å². The molecule has 0 spiro atoms. The molecule has 1 saturated heterocycles. The number of rotatable bonds is 3. The lowest BCUT2D eigenvalue weighted by atomic mass is 9.98. The van der Waals surface area contributed by atoms with Crippen molar-refractivity contribution in [2.75, 3.05) is 23.7 Å². The molecule has 0 aliphatic carbocycles. The van der Waals surface area contributed by atoms with E-state index in [0.717, 1.165) is 43.5 Å². The Balaban J connectivity index is 1.52. The van der Waals surface area contributed by atoms with Gasteiger partial charge in [0.15, 0.2) is 5.82 Å². The maximum absolute atomic E-state index is 10.9. The fraction of sp³-hybridized carbons (Fsp3) is 0.208. The zero-order valence-electron chi connectivity index (χ0n) is 16.5. The molecule has 0 radical (unpaired) electrons. The highest BCUT2D eigenvalue weighted by Crippen LogP contribution is 2.28. The lowest BCUT2D eigenvalue weighted by Gasteiger charge is -2.31. The van der Waals surface area contributed by atoms with Gasteiger partial charge in [-0.05, 0) is 55.3 Å². The van der Waals surface area contributed by atoms with Gasteiger partial charge in [-0.3, -0.25) is 0 Å². The fourth-order valence-corrected chi connectivity index (χ4v) is 3.51. The lowest BCUT2D eigenvalue weighted by molar-refractivity contribution is -0.111. The molecular weight excluding hydrogens is 376 g/mol. The Bertz CT molecular complexity index is 1110. The summed E-state index contributed by atoms with van der Waals surface area (Å²) in [5.41, 5.74) is 9.60. The van der Waals surface area contributed by atoms with Crippen LogP contribution in [0.1, 0.15) is 24.0 Å². The van der Waals surface area contributed by atoms with E-state index in [2.05, 4.69) is 26.9 Å². The van der Waals surface area contributed by atoms with Crippen LogP contribution >= 0.6 is 0 Å². The van der Waals surface area contributed by atoms with E-state index < -0.39 is 0 Å². The van der Waals surface area contributed by atoms with Crippen LogP contribution in [0.4, 0.5) is 11.5 Å². The summed E-state index contributed by atoms with van der Waals surface area (Å²) < 4.78 is 0. The molecule has 150 valence electrons. The van der Waals surface area contributed by atoms with Crippen molar-refractivity contribution in [3.05, 3.63) is 65.7 Å². The van der Waals surface area contributed by atoms with E-state index in [1.165, 1.54) is 0 Å². The zero-order valence-corrected chi connectivity index (χ0v) is 16.5. The van der Waals surface area contributed by atoms with Crippen LogP contribution in [-0.4, -0.2) is 34.7 Å². The molecule has 3 N–H and O–H groups in total. The van der Waals surface area contributed by atoms with E-state index in [-0.39, 0.29) is 17.5 Å². The summed E-state index contributed by atoms with van der Waals surface area (Å²) in [5, 5.41) is 18.1. The Labute approximate surface area is 175 Å². The van der Waals surface area contributed by atoms with Crippen LogP contribution in [0.15, 0.2) is 54.6 Å². The highest BCUT2D eigenvalue weighted by atomic mass is 16.3. The van der Waals surface area contributed by atoms with Crippen LogP contribution in [0, 0.1) is 17.8 Å². The Kier molecular flexibility index (Phi) is 5.62. The summed E-state index contributed by atoms with van der Waals surface area (Å²) in [6, 6.07) is 16.7. The number of phenols is 1. The third-order valence-corrected chi connectivity index (χ3v) is 5.31. The van der Waals surface area contributed by atoms with E-state index in [1.807, 2.05) is 30.3 Å². The van der Waals surface area contributed by atoms with Crippen LogP contribution in [0.2, 0.25) is 0 Å². The molecular formula is C24H22N4O2. The zero-order chi connectivity index (χ0) is 20.9. The summed E-state index contributed by atoms with van der Waals surface area (Å²) >= 11 is 0. The molecule has 6 heteroatoms. The number of carbonyl (C=O) groups excluding carboxylic acids is 1. The van der Waals surface area contributed by atoms with Gasteiger partial charge in [-0.1, -0.05) is 24.0 Å². The number of aromatic nitrogens is 2. The quantitative estimate of drug-likeness (QED) is 0.520. The van der Waals surface area contributed by atoms with Crippen LogP contribution in [0.3, 0.4) is 0 Å². The van der Waals surface area contributed by atoms with E-state index >= 15 is 0 Å². The monoisotopic (exact) mass is 398 g/mol. The number of anilines is 2. The topological polar surface area (TPSA) is 92.3 Å². The van der Waals surface area contributed by atoms with Crippen molar-refractivity contribution < 1.29 is 9.90 Å². The number of aldehydes is 1. The summed E-state index contributed by atoms with van der Waals surface area (Å²) in [5.74, 6) is 6.74. The van der Waals surface area contributed by atoms with Crippen molar-refractivity contribution in [1.29, 1.82) is 0 Å². The number of nitrogen functional groups attached to an aromatic ring is 1. The number of hydrogen-bond acceptors (Lipinski definition) is 6. The molecule has 0 atom stereocenters. The normalized spacial score (nSPS) is 14.1. The second-order valence-corrected chi connectivity index (χ2v) is 7.30. The summed E-state index contributed by atoms with van der Waals surface area (Å²) in [6.07, 6.45) is 2.87. The van der Waals surface area contributed by atoms with Gasteiger partial charge in [-0.25, -0.2) is 0 Å². The molecule has 30 heavy (non-hydrogen) atoms. The molecule has 1 fully saturated rings. The van der Waals surface area contributed by atoms with Crippen molar-refractivity contribution in [3.63, 3.8) is 0 Å². The SMILES string of the molecule is Nc1nnc(-c2ccccc2O)cc1C#Cc1ccc(N2CCC(C=O)CC2)cc1. The maximum atomic E-state index is 10.9. The van der Waals surface area contributed by atoms with Crippen LogP contribution in [-0.2, 0) is 4.79 Å². The molecule has 0 saturated carbocycles. The van der Waals surface area contributed by atoms with Gasteiger partial charge < -0.3 is 20.5 Å². The van der Waals surface area contributed by atoms with Crippen molar-refractivity contribution in [2.24, 2.45) is 5.92 Å². The average molecular weight is 398 g/mol. The smallest absolute Gasteiger partial charge is 0.161 e. The molecule has 4 rings (SSSR count). The fourth-order valence-electron chi connectivity index (χ4n) is 3.51.